The lowest BCUT2D eigenvalue weighted by atomic mass is 10.2. The number of hydrogen-bond donors (Lipinski definition) is 1. The van der Waals surface area contributed by atoms with Gasteiger partial charge in [0.05, 0.1) is 10.6 Å². The first-order chi connectivity index (χ1) is 13.7. The van der Waals surface area contributed by atoms with E-state index in [-0.39, 0.29) is 0 Å². The first-order valence-electron chi connectivity index (χ1n) is 8.54. The minimum absolute atomic E-state index is 0.584. The van der Waals surface area contributed by atoms with E-state index >= 15 is 0 Å². The predicted octanol–water partition coefficient (Wildman–Crippen LogP) is 5.67. The minimum atomic E-state index is 0.584. The summed E-state index contributed by atoms with van der Waals surface area (Å²) in [6, 6.07) is 12.3. The highest BCUT2D eigenvalue weighted by Crippen LogP contribution is 2.35. The van der Waals surface area contributed by atoms with Gasteiger partial charge in [-0.25, -0.2) is 9.97 Å². The average Bonchev–Trinajstić information content (AvgIpc) is 3.32. The molecule has 0 bridgehead atoms. The van der Waals surface area contributed by atoms with E-state index in [9.17, 15) is 0 Å². The summed E-state index contributed by atoms with van der Waals surface area (Å²) in [5.74, 6) is 2.00. The predicted molar refractivity (Wildman–Crippen MR) is 114 cm³/mol. The van der Waals surface area contributed by atoms with Gasteiger partial charge >= 0.3 is 0 Å². The van der Waals surface area contributed by atoms with Crippen LogP contribution in [0.5, 0.6) is 0 Å². The van der Waals surface area contributed by atoms with Crippen LogP contribution in [-0.2, 0) is 12.8 Å². The van der Waals surface area contributed by atoms with Crippen LogP contribution < -0.4 is 5.32 Å². The largest absolute Gasteiger partial charge is 0.426 e. The third kappa shape index (κ3) is 4.98. The van der Waals surface area contributed by atoms with Gasteiger partial charge in [-0.05, 0) is 40.5 Å². The van der Waals surface area contributed by atoms with Gasteiger partial charge in [0.25, 0.3) is 0 Å². The monoisotopic (exact) mass is 473 g/mol. The van der Waals surface area contributed by atoms with E-state index in [0.29, 0.717) is 18.2 Å². The summed E-state index contributed by atoms with van der Waals surface area (Å²) in [6.07, 6.45) is 3.21. The molecule has 0 atom stereocenters. The van der Waals surface area contributed by atoms with Gasteiger partial charge in [-0.2, -0.15) is 0 Å². The summed E-state index contributed by atoms with van der Waals surface area (Å²) >= 11 is 6.72. The molecule has 4 rings (SSSR count). The molecule has 0 fully saturated rings. The molecule has 9 heteroatoms. The van der Waals surface area contributed by atoms with Crippen LogP contribution in [0.1, 0.15) is 17.5 Å². The highest BCUT2D eigenvalue weighted by atomic mass is 79.9. The van der Waals surface area contributed by atoms with Crippen LogP contribution in [0.2, 0.25) is 0 Å². The number of halogens is 1. The Kier molecular flexibility index (Phi) is 6.04. The molecule has 0 aliphatic heterocycles. The molecular weight excluding hydrogens is 458 g/mol. The zero-order valence-electron chi connectivity index (χ0n) is 14.9. The molecule has 28 heavy (non-hydrogen) atoms. The Hall–Kier alpha value is -2.23. The number of rotatable bonds is 7. The van der Waals surface area contributed by atoms with Crippen molar-refractivity contribution in [2.75, 3.05) is 5.32 Å². The molecule has 3 aromatic heterocycles. The molecule has 0 aliphatic carbocycles. The molecule has 0 aliphatic rings. The van der Waals surface area contributed by atoms with Crippen LogP contribution in [-0.4, -0.2) is 20.2 Å². The van der Waals surface area contributed by atoms with Crippen molar-refractivity contribution in [2.45, 2.75) is 29.6 Å². The maximum absolute atomic E-state index is 5.41. The number of aryl methyl sites for hydroxylation is 3. The van der Waals surface area contributed by atoms with Gasteiger partial charge in [0.15, 0.2) is 5.13 Å². The molecular formula is C19H16BrN5OS2. The number of hydrogen-bond acceptors (Lipinski definition) is 8. The smallest absolute Gasteiger partial charge is 0.216 e. The molecule has 0 amide bonds. The van der Waals surface area contributed by atoms with Crippen molar-refractivity contribution < 1.29 is 4.42 Å². The Morgan fingerprint density at radius 1 is 1.18 bits per heavy atom. The molecule has 142 valence electrons. The average molecular weight is 474 g/mol. The number of benzene rings is 1. The molecule has 4 aromatic rings. The fourth-order valence-corrected chi connectivity index (χ4v) is 4.62. The van der Waals surface area contributed by atoms with E-state index in [0.717, 1.165) is 37.3 Å². The lowest BCUT2D eigenvalue weighted by Gasteiger charge is -2.09. The molecule has 0 saturated carbocycles. The summed E-state index contributed by atoms with van der Waals surface area (Å²) in [4.78, 5) is 11.4. The van der Waals surface area contributed by atoms with Gasteiger partial charge in [0.2, 0.25) is 11.8 Å². The maximum Gasteiger partial charge on any atom is 0.216 e. The molecule has 0 saturated heterocycles. The van der Waals surface area contributed by atoms with E-state index in [1.807, 2.05) is 23.6 Å². The van der Waals surface area contributed by atoms with E-state index in [4.69, 9.17) is 4.42 Å². The summed E-state index contributed by atoms with van der Waals surface area (Å²) in [7, 11) is 0. The highest BCUT2D eigenvalue weighted by Gasteiger charge is 2.11. The Bertz CT molecular complexity index is 1070. The van der Waals surface area contributed by atoms with Gasteiger partial charge in [0.1, 0.15) is 5.82 Å². The van der Waals surface area contributed by atoms with Crippen LogP contribution in [0.4, 0.5) is 10.9 Å². The normalized spacial score (nSPS) is 10.9. The number of pyridine rings is 1. The second-order valence-corrected chi connectivity index (χ2v) is 8.79. The van der Waals surface area contributed by atoms with E-state index in [1.165, 1.54) is 0 Å². The lowest BCUT2D eigenvalue weighted by molar-refractivity contribution is 0.466. The van der Waals surface area contributed by atoms with E-state index in [1.54, 1.807) is 36.2 Å². The minimum Gasteiger partial charge on any atom is -0.426 e. The van der Waals surface area contributed by atoms with Gasteiger partial charge in [-0.3, -0.25) is 0 Å². The summed E-state index contributed by atoms with van der Waals surface area (Å²) in [5, 5.41) is 14.1. The van der Waals surface area contributed by atoms with Gasteiger partial charge in [0, 0.05) is 34.3 Å². The molecule has 0 spiro atoms. The molecule has 1 N–H and O–H groups in total. The first-order valence-corrected chi connectivity index (χ1v) is 11.0. The Labute approximate surface area is 179 Å². The number of nitrogens with one attached hydrogen (secondary N) is 1. The second kappa shape index (κ2) is 8.85. The molecule has 0 radical (unpaired) electrons. The first kappa shape index (κ1) is 19.1. The third-order valence-corrected chi connectivity index (χ3v) is 6.01. The Morgan fingerprint density at radius 2 is 2.04 bits per heavy atom. The SMILES string of the molecule is Cc1nnc(CCc2csc(Nc3ncc(Br)cc3Sc3ccccc3)n2)o1. The van der Waals surface area contributed by atoms with Crippen LogP contribution in [0.15, 0.2) is 66.7 Å². The molecule has 6 nitrogen and oxygen atoms in total. The number of thiazole rings is 1. The van der Waals surface area contributed by atoms with Crippen LogP contribution in [0, 0.1) is 6.92 Å². The zero-order valence-corrected chi connectivity index (χ0v) is 18.1. The van der Waals surface area contributed by atoms with Crippen molar-refractivity contribution in [1.29, 1.82) is 0 Å². The standard InChI is InChI=1S/C19H16BrN5OS2/c1-12-24-25-17(26-12)8-7-14-11-27-19(22-14)23-18-16(9-13(20)10-21-18)28-15-5-3-2-4-6-15/h2-6,9-11H,7-8H2,1H3,(H,21,22,23). The molecule has 1 aromatic carbocycles. The zero-order chi connectivity index (χ0) is 19.3. The van der Waals surface area contributed by atoms with Crippen molar-refractivity contribution in [2.24, 2.45) is 0 Å². The van der Waals surface area contributed by atoms with Crippen molar-refractivity contribution in [3.05, 3.63) is 69.9 Å². The number of anilines is 2. The van der Waals surface area contributed by atoms with Crippen LogP contribution in [0.3, 0.4) is 0 Å². The number of aromatic nitrogens is 4. The van der Waals surface area contributed by atoms with Crippen molar-refractivity contribution in [1.82, 2.24) is 20.2 Å². The number of nitrogens with zero attached hydrogens (tertiary/aromatic N) is 4. The summed E-state index contributed by atoms with van der Waals surface area (Å²) < 4.78 is 6.35. The van der Waals surface area contributed by atoms with Crippen LogP contribution >= 0.6 is 39.0 Å². The molecule has 0 unspecified atom stereocenters. The fourth-order valence-electron chi connectivity index (χ4n) is 2.46. The molecule has 3 heterocycles. The Balaban J connectivity index is 1.46. The third-order valence-electron chi connectivity index (χ3n) is 3.73. The van der Waals surface area contributed by atoms with E-state index in [2.05, 4.69) is 59.6 Å². The van der Waals surface area contributed by atoms with E-state index < -0.39 is 0 Å². The van der Waals surface area contributed by atoms with Gasteiger partial charge in [-0.15, -0.1) is 21.5 Å². The topological polar surface area (TPSA) is 76.7 Å². The van der Waals surface area contributed by atoms with Gasteiger partial charge in [-0.1, -0.05) is 30.0 Å². The van der Waals surface area contributed by atoms with Crippen molar-refractivity contribution >= 4 is 50.0 Å². The fraction of sp³-hybridized carbons (Fsp3) is 0.158. The van der Waals surface area contributed by atoms with Gasteiger partial charge < -0.3 is 9.73 Å². The highest BCUT2D eigenvalue weighted by molar-refractivity contribution is 9.10. The summed E-state index contributed by atoms with van der Waals surface area (Å²) in [5.41, 5.74) is 0.984. The maximum atomic E-state index is 5.41. The van der Waals surface area contributed by atoms with Crippen molar-refractivity contribution in [3.8, 4) is 0 Å². The summed E-state index contributed by atoms with van der Waals surface area (Å²) in [6.45, 7) is 1.79. The quantitative estimate of drug-likeness (QED) is 0.370. The van der Waals surface area contributed by atoms with Crippen LogP contribution in [0.25, 0.3) is 0 Å². The van der Waals surface area contributed by atoms with Crippen molar-refractivity contribution in [3.63, 3.8) is 0 Å². The second-order valence-electron chi connectivity index (χ2n) is 5.90. The lowest BCUT2D eigenvalue weighted by Crippen LogP contribution is -1.97. The Morgan fingerprint density at radius 3 is 2.82 bits per heavy atom.